The van der Waals surface area contributed by atoms with Crippen LogP contribution in [0.25, 0.3) is 0 Å². The van der Waals surface area contributed by atoms with Crippen LogP contribution < -0.4 is 11.2 Å². The molecule has 1 aliphatic rings. The molecule has 0 radical (unpaired) electrons. The van der Waals surface area contributed by atoms with Crippen molar-refractivity contribution in [1.82, 2.24) is 14.8 Å². The predicted molar refractivity (Wildman–Crippen MR) is 63.1 cm³/mol. The van der Waals surface area contributed by atoms with Crippen LogP contribution in [0.3, 0.4) is 0 Å². The molecule has 1 aliphatic heterocycles. The molecule has 1 aromatic heterocycles. The number of ether oxygens (including phenoxy) is 1. The lowest BCUT2D eigenvalue weighted by atomic mass is 10.1. The van der Waals surface area contributed by atoms with E-state index in [1.54, 1.807) is 0 Å². The zero-order valence-corrected chi connectivity index (χ0v) is 11.1. The number of aliphatic hydroxyl groups excluding tert-OH is 3. The molecule has 0 aromatic carbocycles. The molecule has 6 N–H and O–H groups in total. The van der Waals surface area contributed by atoms with Crippen molar-refractivity contribution >= 4 is 7.60 Å². The Morgan fingerprint density at radius 3 is 2.48 bits per heavy atom. The van der Waals surface area contributed by atoms with Crippen LogP contribution in [0.2, 0.25) is 0 Å². The third-order valence-electron chi connectivity index (χ3n) is 2.89. The quantitative estimate of drug-likeness (QED) is 0.298. The minimum Gasteiger partial charge on any atom is -0.387 e. The highest BCUT2D eigenvalue weighted by molar-refractivity contribution is 7.52. The van der Waals surface area contributed by atoms with Gasteiger partial charge in [0.15, 0.2) is 12.1 Å². The zero-order valence-electron chi connectivity index (χ0n) is 10.2. The number of H-pyrrole nitrogens is 1. The lowest BCUT2D eigenvalue weighted by Gasteiger charge is -2.21. The van der Waals surface area contributed by atoms with Crippen molar-refractivity contribution in [3.63, 3.8) is 0 Å². The summed E-state index contributed by atoms with van der Waals surface area (Å²) in [6.45, 7) is 0. The standard InChI is InChI=1S/C8H12N3O9P/c12-2-1-9-11(8(16)10-2)6-4(14)3(13)5(20-6)7(15)21(17,18)19/h1,3-7,13-15H,(H,10,12,16)(H2,17,18,19)/t3-,4+,5-,6+,7?/m0/s1. The summed E-state index contributed by atoms with van der Waals surface area (Å²) in [7, 11) is -5.01. The van der Waals surface area contributed by atoms with Gasteiger partial charge >= 0.3 is 13.3 Å². The van der Waals surface area contributed by atoms with E-state index in [0.29, 0.717) is 10.9 Å². The van der Waals surface area contributed by atoms with Gasteiger partial charge < -0.3 is 29.8 Å². The first-order valence-electron chi connectivity index (χ1n) is 5.56. The Morgan fingerprint density at radius 2 is 1.95 bits per heavy atom. The Hall–Kier alpha value is -1.40. The average Bonchev–Trinajstić information content (AvgIpc) is 2.65. The fraction of sp³-hybridized carbons (Fsp3) is 0.625. The number of nitrogens with zero attached hydrogens (tertiary/aromatic N) is 2. The molecule has 118 valence electrons. The molecule has 0 saturated carbocycles. The van der Waals surface area contributed by atoms with Gasteiger partial charge in [-0.25, -0.2) is 4.79 Å². The van der Waals surface area contributed by atoms with Gasteiger partial charge in [-0.05, 0) is 0 Å². The van der Waals surface area contributed by atoms with Gasteiger partial charge in [0, 0.05) is 0 Å². The van der Waals surface area contributed by atoms with Crippen LogP contribution in [-0.2, 0) is 9.30 Å². The maximum absolute atomic E-state index is 11.5. The monoisotopic (exact) mass is 325 g/mol. The van der Waals surface area contributed by atoms with Crippen molar-refractivity contribution < 1.29 is 34.4 Å². The Kier molecular flexibility index (Phi) is 4.13. The second kappa shape index (κ2) is 5.42. The normalized spacial score (nSPS) is 31.3. The van der Waals surface area contributed by atoms with E-state index in [0.717, 1.165) is 0 Å². The molecule has 2 heterocycles. The number of hydrogen-bond donors (Lipinski definition) is 6. The molecule has 0 aliphatic carbocycles. The molecule has 1 aromatic rings. The van der Waals surface area contributed by atoms with E-state index in [2.05, 4.69) is 5.10 Å². The van der Waals surface area contributed by atoms with Crippen molar-refractivity contribution in [2.45, 2.75) is 30.4 Å². The second-order valence-corrected chi connectivity index (χ2v) is 6.07. The van der Waals surface area contributed by atoms with Crippen LogP contribution >= 0.6 is 7.60 Å². The van der Waals surface area contributed by atoms with Crippen molar-refractivity contribution in [3.8, 4) is 0 Å². The molecule has 1 unspecified atom stereocenters. The molecule has 2 rings (SSSR count). The average molecular weight is 325 g/mol. The topological polar surface area (TPSA) is 195 Å². The molecule has 0 amide bonds. The smallest absolute Gasteiger partial charge is 0.356 e. The van der Waals surface area contributed by atoms with Crippen LogP contribution in [-0.4, -0.2) is 64.0 Å². The first-order chi connectivity index (χ1) is 9.62. The van der Waals surface area contributed by atoms with Crippen molar-refractivity contribution in [3.05, 3.63) is 27.0 Å². The van der Waals surface area contributed by atoms with E-state index in [1.807, 2.05) is 4.98 Å². The predicted octanol–water partition coefficient (Wildman–Crippen LogP) is -3.95. The third kappa shape index (κ3) is 2.96. The van der Waals surface area contributed by atoms with Crippen LogP contribution in [0.5, 0.6) is 0 Å². The molecule has 0 bridgehead atoms. The zero-order chi connectivity index (χ0) is 15.9. The van der Waals surface area contributed by atoms with Crippen molar-refractivity contribution in [2.75, 3.05) is 0 Å². The Bertz CT molecular complexity index is 680. The van der Waals surface area contributed by atoms with Crippen LogP contribution in [0.1, 0.15) is 6.23 Å². The molecule has 21 heavy (non-hydrogen) atoms. The molecular weight excluding hydrogens is 313 g/mol. The number of aromatic amines is 1. The number of aliphatic hydroxyl groups is 3. The lowest BCUT2D eigenvalue weighted by molar-refractivity contribution is -0.0749. The van der Waals surface area contributed by atoms with Crippen molar-refractivity contribution in [1.29, 1.82) is 0 Å². The molecular formula is C8H12N3O9P. The fourth-order valence-corrected chi connectivity index (χ4v) is 2.50. The van der Waals surface area contributed by atoms with Crippen LogP contribution in [0.15, 0.2) is 15.8 Å². The molecule has 1 saturated heterocycles. The number of nitrogens with one attached hydrogen (secondary N) is 1. The first kappa shape index (κ1) is 16.0. The van der Waals surface area contributed by atoms with Gasteiger partial charge in [0.25, 0.3) is 5.56 Å². The maximum Gasteiger partial charge on any atom is 0.356 e. The summed E-state index contributed by atoms with van der Waals surface area (Å²) >= 11 is 0. The van der Waals surface area contributed by atoms with Crippen molar-refractivity contribution in [2.24, 2.45) is 0 Å². The third-order valence-corrected chi connectivity index (χ3v) is 3.88. The highest BCUT2D eigenvalue weighted by Crippen LogP contribution is 2.46. The summed E-state index contributed by atoms with van der Waals surface area (Å²) in [6, 6.07) is 0. The van der Waals surface area contributed by atoms with E-state index in [1.165, 1.54) is 0 Å². The fourth-order valence-electron chi connectivity index (χ4n) is 1.87. The number of aromatic nitrogens is 3. The summed E-state index contributed by atoms with van der Waals surface area (Å²) in [6.07, 6.45) is -6.44. The van der Waals surface area contributed by atoms with Gasteiger partial charge in [0.1, 0.15) is 24.5 Å². The molecule has 5 atom stereocenters. The summed E-state index contributed by atoms with van der Waals surface area (Å²) in [4.78, 5) is 41.9. The second-order valence-electron chi connectivity index (χ2n) is 4.36. The van der Waals surface area contributed by atoms with E-state index >= 15 is 0 Å². The van der Waals surface area contributed by atoms with Gasteiger partial charge in [-0.2, -0.15) is 9.78 Å². The maximum atomic E-state index is 11.5. The molecule has 13 heteroatoms. The number of rotatable bonds is 3. The van der Waals surface area contributed by atoms with E-state index in [4.69, 9.17) is 14.5 Å². The highest BCUT2D eigenvalue weighted by atomic mass is 31.2. The minimum absolute atomic E-state index is 0.474. The molecule has 1 fully saturated rings. The SMILES string of the molecule is O=c1cnn([C@@H]2O[C@H](C(O)P(=O)(O)O)[C@@H](O)[C@H]2O)c(=O)[nH]1. The summed E-state index contributed by atoms with van der Waals surface area (Å²) < 4.78 is 16.4. The van der Waals surface area contributed by atoms with Crippen LogP contribution in [0.4, 0.5) is 0 Å². The van der Waals surface area contributed by atoms with E-state index < -0.39 is 49.2 Å². The first-order valence-corrected chi connectivity index (χ1v) is 7.24. The summed E-state index contributed by atoms with van der Waals surface area (Å²) in [5, 5.41) is 32.3. The van der Waals surface area contributed by atoms with Gasteiger partial charge in [0.05, 0.1) is 0 Å². The Balaban J connectivity index is 2.34. The van der Waals surface area contributed by atoms with Gasteiger partial charge in [-0.1, -0.05) is 0 Å². The Labute approximate surface area is 115 Å². The van der Waals surface area contributed by atoms with Gasteiger partial charge in [0.2, 0.25) is 0 Å². The van der Waals surface area contributed by atoms with Gasteiger partial charge in [-0.3, -0.25) is 14.3 Å². The van der Waals surface area contributed by atoms with Gasteiger partial charge in [-0.15, -0.1) is 0 Å². The molecule has 0 spiro atoms. The summed E-state index contributed by atoms with van der Waals surface area (Å²) in [5.74, 6) is -2.40. The lowest BCUT2D eigenvalue weighted by Crippen LogP contribution is -2.40. The van der Waals surface area contributed by atoms with E-state index in [-0.39, 0.29) is 0 Å². The summed E-state index contributed by atoms with van der Waals surface area (Å²) in [5.41, 5.74) is -1.87. The minimum atomic E-state index is -5.01. The highest BCUT2D eigenvalue weighted by Gasteiger charge is 2.52. The largest absolute Gasteiger partial charge is 0.387 e. The number of hydrogen-bond acceptors (Lipinski definition) is 8. The Morgan fingerprint density at radius 1 is 1.33 bits per heavy atom. The van der Waals surface area contributed by atoms with Crippen LogP contribution in [0, 0.1) is 0 Å². The molecule has 12 nitrogen and oxygen atoms in total. The van der Waals surface area contributed by atoms with E-state index in [9.17, 15) is 29.5 Å².